The summed E-state index contributed by atoms with van der Waals surface area (Å²) in [6.07, 6.45) is 1.56. The summed E-state index contributed by atoms with van der Waals surface area (Å²) in [5.74, 6) is 0.808. The van der Waals surface area contributed by atoms with Crippen molar-refractivity contribution in [3.63, 3.8) is 0 Å². The number of aliphatic hydroxyl groups excluding tert-OH is 1. The van der Waals surface area contributed by atoms with Crippen molar-refractivity contribution < 1.29 is 9.90 Å². The maximum atomic E-state index is 12.6. The van der Waals surface area contributed by atoms with Crippen LogP contribution in [-0.2, 0) is 13.2 Å². The van der Waals surface area contributed by atoms with E-state index in [-0.39, 0.29) is 12.5 Å². The van der Waals surface area contributed by atoms with E-state index in [1.54, 1.807) is 18.3 Å². The van der Waals surface area contributed by atoms with Crippen LogP contribution in [0.5, 0.6) is 0 Å². The van der Waals surface area contributed by atoms with E-state index in [1.165, 1.54) is 0 Å². The summed E-state index contributed by atoms with van der Waals surface area (Å²) in [7, 11) is 0. The number of anilines is 1. The normalized spacial score (nSPS) is 12.8. The first kappa shape index (κ1) is 16.9. The van der Waals surface area contributed by atoms with Gasteiger partial charge in [0.2, 0.25) is 0 Å². The third-order valence-corrected chi connectivity index (χ3v) is 4.46. The minimum atomic E-state index is -0.0610. The molecule has 0 unspecified atom stereocenters. The molecule has 25 heavy (non-hydrogen) atoms. The monoisotopic (exact) mass is 336 g/mol. The lowest BCUT2D eigenvalue weighted by Crippen LogP contribution is -2.35. The topological polar surface area (TPSA) is 80.5 Å². The van der Waals surface area contributed by atoms with Crippen LogP contribution in [0.25, 0.3) is 0 Å². The van der Waals surface area contributed by atoms with E-state index in [2.05, 4.69) is 16.0 Å². The lowest BCUT2D eigenvalue weighted by Gasteiger charge is -2.25. The summed E-state index contributed by atoms with van der Waals surface area (Å²) in [5, 5.41) is 18.1. The molecular formula is C19H20N4O2. The Kier molecular flexibility index (Phi) is 4.96. The molecule has 1 aromatic carbocycles. The highest BCUT2D eigenvalue weighted by molar-refractivity contribution is 5.98. The number of benzene rings is 1. The van der Waals surface area contributed by atoms with Crippen molar-refractivity contribution in [2.24, 2.45) is 0 Å². The van der Waals surface area contributed by atoms with Gasteiger partial charge in [0.25, 0.3) is 5.91 Å². The number of amides is 1. The Morgan fingerprint density at radius 2 is 2.20 bits per heavy atom. The second kappa shape index (κ2) is 7.32. The molecule has 1 N–H and O–H groups in total. The zero-order chi connectivity index (χ0) is 17.8. The molecule has 128 valence electrons. The second-order valence-corrected chi connectivity index (χ2v) is 5.97. The molecule has 2 heterocycles. The first-order valence-electron chi connectivity index (χ1n) is 8.29. The van der Waals surface area contributed by atoms with E-state index in [0.717, 1.165) is 23.5 Å². The first-order valence-corrected chi connectivity index (χ1v) is 8.29. The number of fused-ring (bicyclic) bond motifs is 1. The van der Waals surface area contributed by atoms with Crippen LogP contribution in [-0.4, -0.2) is 40.5 Å². The quantitative estimate of drug-likeness (QED) is 0.872. The molecular weight excluding hydrogens is 316 g/mol. The minimum Gasteiger partial charge on any atom is -0.392 e. The molecule has 0 radical (unpaired) electrons. The Balaban J connectivity index is 1.66. The molecule has 1 aromatic heterocycles. The number of aromatic nitrogens is 1. The van der Waals surface area contributed by atoms with Crippen molar-refractivity contribution in [1.82, 2.24) is 9.88 Å². The summed E-state index contributed by atoms with van der Waals surface area (Å²) in [6.45, 7) is 4.60. The molecule has 2 aromatic rings. The van der Waals surface area contributed by atoms with Gasteiger partial charge in [0.05, 0.1) is 12.2 Å². The molecule has 0 saturated carbocycles. The summed E-state index contributed by atoms with van der Waals surface area (Å²) >= 11 is 0. The molecule has 0 bridgehead atoms. The average molecular weight is 336 g/mol. The zero-order valence-electron chi connectivity index (χ0n) is 14.1. The fourth-order valence-electron chi connectivity index (χ4n) is 3.00. The van der Waals surface area contributed by atoms with Crippen LogP contribution in [0.1, 0.15) is 34.0 Å². The molecule has 6 nitrogen and oxygen atoms in total. The Hall–Kier alpha value is -2.91. The highest BCUT2D eigenvalue weighted by Gasteiger charge is 2.27. The third-order valence-electron chi connectivity index (χ3n) is 4.46. The molecule has 1 amide bonds. The van der Waals surface area contributed by atoms with Gasteiger partial charge in [-0.15, -0.1) is 0 Å². The van der Waals surface area contributed by atoms with Crippen LogP contribution < -0.4 is 4.90 Å². The number of rotatable bonds is 6. The molecule has 0 spiro atoms. The van der Waals surface area contributed by atoms with Crippen LogP contribution in [0.4, 0.5) is 5.82 Å². The van der Waals surface area contributed by atoms with Crippen molar-refractivity contribution in [1.29, 1.82) is 5.26 Å². The highest BCUT2D eigenvalue weighted by Crippen LogP contribution is 2.24. The van der Waals surface area contributed by atoms with Crippen LogP contribution in [0.15, 0.2) is 36.5 Å². The van der Waals surface area contributed by atoms with Crippen molar-refractivity contribution >= 4 is 11.7 Å². The standard InChI is InChI=1S/C19H20N4O2/c1-2-22(18-6-4-15(10-20)11-21-18)7-8-23-12-16-5-3-14(13-24)9-17(16)19(23)25/h3-6,9,11,24H,2,7-8,12-13H2,1H3. The van der Waals surface area contributed by atoms with Crippen LogP contribution in [0.2, 0.25) is 0 Å². The van der Waals surface area contributed by atoms with Gasteiger partial charge < -0.3 is 14.9 Å². The van der Waals surface area contributed by atoms with Gasteiger partial charge in [0.1, 0.15) is 11.9 Å². The van der Waals surface area contributed by atoms with Gasteiger partial charge in [-0.1, -0.05) is 12.1 Å². The number of carbonyl (C=O) groups is 1. The lowest BCUT2D eigenvalue weighted by atomic mass is 10.1. The number of hydrogen-bond donors (Lipinski definition) is 1. The van der Waals surface area contributed by atoms with E-state index in [0.29, 0.717) is 30.8 Å². The number of pyridine rings is 1. The van der Waals surface area contributed by atoms with E-state index < -0.39 is 0 Å². The molecule has 1 aliphatic rings. The number of nitriles is 1. The van der Waals surface area contributed by atoms with Crippen LogP contribution >= 0.6 is 0 Å². The summed E-state index contributed by atoms with van der Waals surface area (Å²) in [4.78, 5) is 20.8. The Bertz CT molecular complexity index is 811. The molecule has 3 rings (SSSR count). The first-order chi connectivity index (χ1) is 12.2. The predicted molar refractivity (Wildman–Crippen MR) is 93.9 cm³/mol. The zero-order valence-corrected chi connectivity index (χ0v) is 14.1. The van der Waals surface area contributed by atoms with Gasteiger partial charge in [-0.2, -0.15) is 5.26 Å². The van der Waals surface area contributed by atoms with Gasteiger partial charge in [-0.05, 0) is 36.2 Å². The minimum absolute atomic E-state index is 0.00846. The second-order valence-electron chi connectivity index (χ2n) is 5.97. The summed E-state index contributed by atoms with van der Waals surface area (Å²) in [5.41, 5.74) is 2.98. The third kappa shape index (κ3) is 3.47. The van der Waals surface area contributed by atoms with Crippen LogP contribution in [0.3, 0.4) is 0 Å². The average Bonchev–Trinajstić information content (AvgIpc) is 2.98. The molecule has 0 fully saturated rings. The molecule has 6 heteroatoms. The van der Waals surface area contributed by atoms with E-state index in [9.17, 15) is 9.90 Å². The van der Waals surface area contributed by atoms with Gasteiger partial charge in [0.15, 0.2) is 0 Å². The van der Waals surface area contributed by atoms with E-state index in [4.69, 9.17) is 5.26 Å². The predicted octanol–water partition coefficient (Wildman–Crippen LogP) is 1.93. The smallest absolute Gasteiger partial charge is 0.254 e. The van der Waals surface area contributed by atoms with E-state index in [1.807, 2.05) is 30.0 Å². The number of nitrogens with zero attached hydrogens (tertiary/aromatic N) is 4. The Morgan fingerprint density at radius 3 is 2.84 bits per heavy atom. The van der Waals surface area contributed by atoms with Crippen molar-refractivity contribution in [2.45, 2.75) is 20.1 Å². The fraction of sp³-hybridized carbons (Fsp3) is 0.316. The fourth-order valence-corrected chi connectivity index (χ4v) is 3.00. The van der Waals surface area contributed by atoms with Crippen molar-refractivity contribution in [3.05, 3.63) is 58.8 Å². The van der Waals surface area contributed by atoms with E-state index >= 15 is 0 Å². The molecule has 0 saturated heterocycles. The number of hydrogen-bond acceptors (Lipinski definition) is 5. The number of likely N-dealkylation sites (N-methyl/N-ethyl adjacent to an activating group) is 1. The highest BCUT2D eigenvalue weighted by atomic mass is 16.3. The summed E-state index contributed by atoms with van der Waals surface area (Å²) < 4.78 is 0. The largest absolute Gasteiger partial charge is 0.392 e. The van der Waals surface area contributed by atoms with Gasteiger partial charge in [-0.25, -0.2) is 4.98 Å². The molecule has 1 aliphatic heterocycles. The van der Waals surface area contributed by atoms with Gasteiger partial charge in [0, 0.05) is 37.9 Å². The number of carbonyl (C=O) groups excluding carboxylic acids is 1. The Labute approximate surface area is 146 Å². The Morgan fingerprint density at radius 1 is 1.36 bits per heavy atom. The number of aliphatic hydroxyl groups is 1. The van der Waals surface area contributed by atoms with Crippen LogP contribution in [0, 0.1) is 11.3 Å². The maximum absolute atomic E-state index is 12.6. The maximum Gasteiger partial charge on any atom is 0.254 e. The summed E-state index contributed by atoms with van der Waals surface area (Å²) in [6, 6.07) is 11.2. The van der Waals surface area contributed by atoms with Gasteiger partial charge in [-0.3, -0.25) is 4.79 Å². The van der Waals surface area contributed by atoms with Crippen molar-refractivity contribution in [2.75, 3.05) is 24.5 Å². The SMILES string of the molecule is CCN(CCN1Cc2ccc(CO)cc2C1=O)c1ccc(C#N)cn1. The van der Waals surface area contributed by atoms with Gasteiger partial charge >= 0.3 is 0 Å². The molecule has 0 atom stereocenters. The molecule has 0 aliphatic carbocycles. The van der Waals surface area contributed by atoms with Crippen molar-refractivity contribution in [3.8, 4) is 6.07 Å². The lowest BCUT2D eigenvalue weighted by molar-refractivity contribution is 0.0782.